The molecule has 6 nitrogen and oxygen atoms in total. The average Bonchev–Trinajstić information content (AvgIpc) is 2.45. The van der Waals surface area contributed by atoms with E-state index in [-0.39, 0.29) is 27.2 Å². The molecule has 0 aliphatic rings. The lowest BCUT2D eigenvalue weighted by Gasteiger charge is -2.18. The summed E-state index contributed by atoms with van der Waals surface area (Å²) < 4.78 is 19.1. The van der Waals surface area contributed by atoms with Crippen LogP contribution in [0.25, 0.3) is 0 Å². The SMILES string of the molecule is C[C@@H](Oc1cccnc1O[N+](=O)[O-])c1c(Cl)ccc(F)c1Cl. The minimum Gasteiger partial charge on any atom is -0.482 e. The van der Waals surface area contributed by atoms with Crippen LogP contribution in [0.1, 0.15) is 18.6 Å². The number of nitrogens with zero attached hydrogens (tertiary/aromatic N) is 2. The van der Waals surface area contributed by atoms with E-state index >= 15 is 0 Å². The Hall–Kier alpha value is -2.12. The maximum Gasteiger partial charge on any atom is 0.301 e. The topological polar surface area (TPSA) is 74.5 Å². The van der Waals surface area contributed by atoms with E-state index in [1.807, 2.05) is 0 Å². The molecular weight excluding hydrogens is 338 g/mol. The van der Waals surface area contributed by atoms with Crippen molar-refractivity contribution in [1.82, 2.24) is 4.98 Å². The Balaban J connectivity index is 2.32. The number of halogens is 3. The molecule has 2 rings (SSSR count). The highest BCUT2D eigenvalue weighted by molar-refractivity contribution is 6.36. The molecule has 0 aliphatic heterocycles. The van der Waals surface area contributed by atoms with Gasteiger partial charge in [-0.1, -0.05) is 23.2 Å². The van der Waals surface area contributed by atoms with Gasteiger partial charge in [0.05, 0.1) is 5.02 Å². The van der Waals surface area contributed by atoms with Crippen LogP contribution in [0, 0.1) is 15.9 Å². The maximum absolute atomic E-state index is 13.5. The van der Waals surface area contributed by atoms with Gasteiger partial charge in [-0.25, -0.2) is 9.37 Å². The molecular formula is C13H9Cl2FN2O4. The van der Waals surface area contributed by atoms with Gasteiger partial charge in [-0.2, -0.15) is 0 Å². The van der Waals surface area contributed by atoms with Crippen molar-refractivity contribution in [2.75, 3.05) is 0 Å². The van der Waals surface area contributed by atoms with Gasteiger partial charge in [-0.3, -0.25) is 4.84 Å². The number of aromatic nitrogens is 1. The molecule has 0 bridgehead atoms. The zero-order valence-corrected chi connectivity index (χ0v) is 12.6. The fraction of sp³-hybridized carbons (Fsp3) is 0.154. The second-order valence-electron chi connectivity index (χ2n) is 4.14. The van der Waals surface area contributed by atoms with E-state index in [0.29, 0.717) is 0 Å². The number of rotatable bonds is 5. The molecule has 0 spiro atoms. The molecule has 116 valence electrons. The molecule has 0 aliphatic carbocycles. The number of hydrogen-bond donors (Lipinski definition) is 0. The van der Waals surface area contributed by atoms with Gasteiger partial charge in [0.1, 0.15) is 11.9 Å². The Morgan fingerprint density at radius 1 is 1.36 bits per heavy atom. The molecule has 1 heterocycles. The van der Waals surface area contributed by atoms with E-state index in [4.69, 9.17) is 27.9 Å². The minimum absolute atomic E-state index is 0.00287. The van der Waals surface area contributed by atoms with Crippen LogP contribution in [0.2, 0.25) is 10.0 Å². The summed E-state index contributed by atoms with van der Waals surface area (Å²) in [5, 5.41) is 9.44. The van der Waals surface area contributed by atoms with Gasteiger partial charge in [0.25, 0.3) is 5.88 Å². The summed E-state index contributed by atoms with van der Waals surface area (Å²) in [6, 6.07) is 5.40. The second-order valence-corrected chi connectivity index (χ2v) is 4.92. The third kappa shape index (κ3) is 3.55. The quantitative estimate of drug-likeness (QED) is 0.459. The van der Waals surface area contributed by atoms with Crippen molar-refractivity contribution in [3.8, 4) is 11.6 Å². The monoisotopic (exact) mass is 346 g/mol. The Bertz CT molecular complexity index is 714. The Morgan fingerprint density at radius 2 is 2.09 bits per heavy atom. The molecule has 0 saturated heterocycles. The predicted molar refractivity (Wildman–Crippen MR) is 77.3 cm³/mol. The zero-order valence-electron chi connectivity index (χ0n) is 11.1. The summed E-state index contributed by atoms with van der Waals surface area (Å²) in [4.78, 5) is 18.4. The molecule has 0 amide bonds. The predicted octanol–water partition coefficient (Wildman–Crippen LogP) is 4.24. The lowest BCUT2D eigenvalue weighted by molar-refractivity contribution is -0.712. The number of ether oxygens (including phenoxy) is 1. The first-order chi connectivity index (χ1) is 10.4. The summed E-state index contributed by atoms with van der Waals surface area (Å²) in [6.07, 6.45) is 0.521. The van der Waals surface area contributed by atoms with Crippen LogP contribution < -0.4 is 9.57 Å². The molecule has 9 heteroatoms. The molecule has 0 fully saturated rings. The van der Waals surface area contributed by atoms with Gasteiger partial charge in [0.2, 0.25) is 0 Å². The van der Waals surface area contributed by atoms with Gasteiger partial charge in [0.15, 0.2) is 5.75 Å². The Kier molecular flexibility index (Phi) is 4.99. The van der Waals surface area contributed by atoms with Gasteiger partial charge >= 0.3 is 5.09 Å². The molecule has 1 atom stereocenters. The van der Waals surface area contributed by atoms with Crippen molar-refractivity contribution in [2.45, 2.75) is 13.0 Å². The normalized spacial score (nSPS) is 11.8. The van der Waals surface area contributed by atoms with E-state index < -0.39 is 17.0 Å². The Morgan fingerprint density at radius 3 is 2.77 bits per heavy atom. The van der Waals surface area contributed by atoms with Crippen LogP contribution in [-0.2, 0) is 0 Å². The molecule has 0 N–H and O–H groups in total. The van der Waals surface area contributed by atoms with E-state index in [1.54, 1.807) is 6.92 Å². The molecule has 1 aromatic carbocycles. The first-order valence-electron chi connectivity index (χ1n) is 5.97. The molecule has 0 radical (unpaired) electrons. The number of benzene rings is 1. The van der Waals surface area contributed by atoms with Gasteiger partial charge < -0.3 is 4.74 Å². The van der Waals surface area contributed by atoms with Crippen LogP contribution in [-0.4, -0.2) is 10.1 Å². The zero-order chi connectivity index (χ0) is 16.3. The largest absolute Gasteiger partial charge is 0.482 e. The fourth-order valence-corrected chi connectivity index (χ4v) is 2.45. The smallest absolute Gasteiger partial charge is 0.301 e. The molecule has 1 aromatic heterocycles. The highest BCUT2D eigenvalue weighted by Crippen LogP contribution is 2.36. The van der Waals surface area contributed by atoms with E-state index in [1.165, 1.54) is 24.4 Å². The van der Waals surface area contributed by atoms with Gasteiger partial charge in [0, 0.05) is 16.8 Å². The van der Waals surface area contributed by atoms with Crippen molar-refractivity contribution >= 4 is 23.2 Å². The lowest BCUT2D eigenvalue weighted by Crippen LogP contribution is -2.10. The molecule has 2 aromatic rings. The van der Waals surface area contributed by atoms with E-state index in [2.05, 4.69) is 9.82 Å². The van der Waals surface area contributed by atoms with Crippen LogP contribution in [0.5, 0.6) is 11.6 Å². The van der Waals surface area contributed by atoms with Crippen molar-refractivity contribution in [3.63, 3.8) is 0 Å². The van der Waals surface area contributed by atoms with Crippen LogP contribution in [0.4, 0.5) is 4.39 Å². The third-order valence-corrected chi connectivity index (χ3v) is 3.40. The van der Waals surface area contributed by atoms with Gasteiger partial charge in [-0.05, 0) is 31.2 Å². The fourth-order valence-electron chi connectivity index (χ4n) is 1.77. The van der Waals surface area contributed by atoms with Crippen LogP contribution in [0.15, 0.2) is 30.5 Å². The summed E-state index contributed by atoms with van der Waals surface area (Å²) in [5.41, 5.74) is 0.222. The molecule has 0 unspecified atom stereocenters. The lowest BCUT2D eigenvalue weighted by atomic mass is 10.1. The van der Waals surface area contributed by atoms with E-state index in [9.17, 15) is 14.5 Å². The standard InChI is InChI=1S/C13H9Cl2FN2O4/c1-7(11-8(14)4-5-9(16)12(11)15)21-10-3-2-6-17-13(10)22-18(19)20/h2-7H,1H3/t7-/m1/s1. The number of hydrogen-bond acceptors (Lipinski definition) is 5. The first kappa shape index (κ1) is 16.3. The van der Waals surface area contributed by atoms with Crippen LogP contribution >= 0.6 is 23.2 Å². The first-order valence-corrected chi connectivity index (χ1v) is 6.73. The maximum atomic E-state index is 13.5. The van der Waals surface area contributed by atoms with E-state index in [0.717, 1.165) is 6.07 Å². The summed E-state index contributed by atoms with van der Waals surface area (Å²) in [7, 11) is 0. The summed E-state index contributed by atoms with van der Waals surface area (Å²) >= 11 is 11.9. The Labute approximate surface area is 134 Å². The minimum atomic E-state index is -1.01. The summed E-state index contributed by atoms with van der Waals surface area (Å²) in [5.74, 6) is -0.976. The highest BCUT2D eigenvalue weighted by atomic mass is 35.5. The highest BCUT2D eigenvalue weighted by Gasteiger charge is 2.20. The molecule has 22 heavy (non-hydrogen) atoms. The average molecular weight is 347 g/mol. The van der Waals surface area contributed by atoms with Crippen molar-refractivity contribution < 1.29 is 19.1 Å². The third-order valence-electron chi connectivity index (χ3n) is 2.69. The summed E-state index contributed by atoms with van der Waals surface area (Å²) in [6.45, 7) is 1.56. The van der Waals surface area contributed by atoms with Crippen molar-refractivity contribution in [1.29, 1.82) is 0 Å². The van der Waals surface area contributed by atoms with Crippen molar-refractivity contribution in [2.24, 2.45) is 0 Å². The van der Waals surface area contributed by atoms with Crippen LogP contribution in [0.3, 0.4) is 0 Å². The number of pyridine rings is 1. The second kappa shape index (κ2) is 6.76. The molecule has 0 saturated carbocycles. The van der Waals surface area contributed by atoms with Crippen molar-refractivity contribution in [3.05, 3.63) is 62.0 Å². The van der Waals surface area contributed by atoms with Gasteiger partial charge in [-0.15, -0.1) is 10.1 Å².